The molecule has 48 heavy (non-hydrogen) atoms. The fourth-order valence-corrected chi connectivity index (χ4v) is 6.60. The van der Waals surface area contributed by atoms with E-state index in [4.69, 9.17) is 9.47 Å². The SMILES string of the molecule is CNCOCCOCCC(=O)N1CCN(c2ccc(-c3ccc4c(c3)C(=O)N(C(C(=O)Nc3nccs3)c3ccccc3)C4)cc2)CC1. The number of hydrogen-bond acceptors (Lipinski definition) is 9. The summed E-state index contributed by atoms with van der Waals surface area (Å²) in [6.07, 6.45) is 2.00. The average Bonchev–Trinajstić information content (AvgIpc) is 3.75. The minimum Gasteiger partial charge on any atom is -0.379 e. The van der Waals surface area contributed by atoms with E-state index >= 15 is 0 Å². The van der Waals surface area contributed by atoms with Crippen LogP contribution in [0.15, 0.2) is 84.4 Å². The van der Waals surface area contributed by atoms with E-state index < -0.39 is 6.04 Å². The molecule has 3 aromatic carbocycles. The van der Waals surface area contributed by atoms with Crippen LogP contribution in [0.3, 0.4) is 0 Å². The summed E-state index contributed by atoms with van der Waals surface area (Å²) in [5.41, 5.74) is 5.26. The minimum absolute atomic E-state index is 0.112. The van der Waals surface area contributed by atoms with Crippen molar-refractivity contribution in [3.63, 3.8) is 0 Å². The van der Waals surface area contributed by atoms with Crippen molar-refractivity contribution in [1.82, 2.24) is 20.1 Å². The number of hydrogen-bond donors (Lipinski definition) is 2. The van der Waals surface area contributed by atoms with Crippen LogP contribution in [-0.2, 0) is 25.6 Å². The van der Waals surface area contributed by atoms with Crippen LogP contribution < -0.4 is 15.5 Å². The second kappa shape index (κ2) is 16.0. The van der Waals surface area contributed by atoms with Crippen molar-refractivity contribution in [3.05, 3.63) is 101 Å². The predicted octanol–water partition coefficient (Wildman–Crippen LogP) is 4.39. The maximum atomic E-state index is 13.8. The molecule has 6 rings (SSSR count). The van der Waals surface area contributed by atoms with Crippen LogP contribution in [0.1, 0.15) is 33.9 Å². The van der Waals surface area contributed by atoms with E-state index in [1.807, 2.05) is 60.5 Å². The first kappa shape index (κ1) is 33.3. The van der Waals surface area contributed by atoms with E-state index in [0.717, 1.165) is 41.0 Å². The molecule has 2 aliphatic heterocycles. The summed E-state index contributed by atoms with van der Waals surface area (Å²) in [7, 11) is 1.82. The number of ether oxygens (including phenoxy) is 2. The van der Waals surface area contributed by atoms with E-state index in [0.29, 0.717) is 63.3 Å². The van der Waals surface area contributed by atoms with Crippen LogP contribution in [-0.4, -0.2) is 92.3 Å². The number of anilines is 2. The number of aromatic nitrogens is 1. The van der Waals surface area contributed by atoms with Crippen molar-refractivity contribution in [2.24, 2.45) is 0 Å². The van der Waals surface area contributed by atoms with Gasteiger partial charge in [-0.1, -0.05) is 54.6 Å². The van der Waals surface area contributed by atoms with Gasteiger partial charge < -0.3 is 24.2 Å². The topological polar surface area (TPSA) is 116 Å². The molecule has 1 aromatic heterocycles. The lowest BCUT2D eigenvalue weighted by Crippen LogP contribution is -2.49. The van der Waals surface area contributed by atoms with Gasteiger partial charge >= 0.3 is 0 Å². The maximum absolute atomic E-state index is 13.8. The molecule has 0 spiro atoms. The quantitative estimate of drug-likeness (QED) is 0.150. The Morgan fingerprint density at radius 3 is 2.40 bits per heavy atom. The van der Waals surface area contributed by atoms with Crippen LogP contribution in [0.25, 0.3) is 11.1 Å². The summed E-state index contributed by atoms with van der Waals surface area (Å²) in [6, 6.07) is 22.8. The fraction of sp³-hybridized carbons (Fsp3) is 0.333. The highest BCUT2D eigenvalue weighted by Crippen LogP contribution is 2.35. The third kappa shape index (κ3) is 7.91. The molecule has 0 bridgehead atoms. The number of nitrogens with one attached hydrogen (secondary N) is 2. The van der Waals surface area contributed by atoms with Gasteiger partial charge in [0.25, 0.3) is 11.8 Å². The Balaban J connectivity index is 1.06. The molecule has 250 valence electrons. The molecule has 1 atom stereocenters. The van der Waals surface area contributed by atoms with Gasteiger partial charge in [0.05, 0.1) is 33.0 Å². The van der Waals surface area contributed by atoms with Crippen molar-refractivity contribution in [3.8, 4) is 11.1 Å². The molecule has 0 saturated carbocycles. The zero-order chi connectivity index (χ0) is 33.3. The van der Waals surface area contributed by atoms with Crippen molar-refractivity contribution in [1.29, 1.82) is 0 Å². The standard InChI is InChI=1S/C36H40N6O5S/c1-37-25-47-21-20-46-19-13-32(43)41-17-15-40(16-18-41)30-11-9-26(10-12-30)28-7-8-29-24-42(35(45)31(29)23-28)33(27-5-3-2-4-6-27)34(44)39-36-38-14-22-48-36/h2-12,14,22-23,33,37H,13,15-21,24-25H2,1H3,(H,38,39,44). The molecule has 0 radical (unpaired) electrons. The number of piperazine rings is 1. The number of fused-ring (bicyclic) bond motifs is 1. The van der Waals surface area contributed by atoms with Crippen LogP contribution in [0, 0.1) is 0 Å². The smallest absolute Gasteiger partial charge is 0.255 e. The van der Waals surface area contributed by atoms with Gasteiger partial charge in [0, 0.05) is 55.6 Å². The van der Waals surface area contributed by atoms with Crippen molar-refractivity contribution < 1.29 is 23.9 Å². The molecular formula is C36H40N6O5S. The van der Waals surface area contributed by atoms with Crippen molar-refractivity contribution >= 4 is 39.9 Å². The molecule has 4 aromatic rings. The predicted molar refractivity (Wildman–Crippen MR) is 186 cm³/mol. The van der Waals surface area contributed by atoms with Gasteiger partial charge in [-0.25, -0.2) is 4.98 Å². The molecule has 11 nitrogen and oxygen atoms in total. The Morgan fingerprint density at radius 2 is 1.67 bits per heavy atom. The zero-order valence-corrected chi connectivity index (χ0v) is 27.8. The fourth-order valence-electron chi connectivity index (χ4n) is 6.07. The van der Waals surface area contributed by atoms with Gasteiger partial charge in [-0.2, -0.15) is 0 Å². The number of thiazole rings is 1. The summed E-state index contributed by atoms with van der Waals surface area (Å²) in [5.74, 6) is -0.362. The number of amides is 3. The van der Waals surface area contributed by atoms with Crippen LogP contribution in [0.4, 0.5) is 10.8 Å². The monoisotopic (exact) mass is 668 g/mol. The Kier molecular flexibility index (Phi) is 11.1. The van der Waals surface area contributed by atoms with Gasteiger partial charge in [-0.15, -0.1) is 11.3 Å². The normalized spacial score (nSPS) is 15.0. The van der Waals surface area contributed by atoms with Gasteiger partial charge in [0.15, 0.2) is 5.13 Å². The van der Waals surface area contributed by atoms with Crippen LogP contribution in [0.5, 0.6) is 0 Å². The molecule has 1 unspecified atom stereocenters. The lowest BCUT2D eigenvalue weighted by atomic mass is 10.00. The van der Waals surface area contributed by atoms with E-state index in [2.05, 4.69) is 44.8 Å². The van der Waals surface area contributed by atoms with Gasteiger partial charge in [0.1, 0.15) is 6.04 Å². The summed E-state index contributed by atoms with van der Waals surface area (Å²) in [4.78, 5) is 50.0. The molecular weight excluding hydrogens is 628 g/mol. The minimum atomic E-state index is -0.796. The molecule has 2 N–H and O–H groups in total. The Labute approximate surface area is 284 Å². The molecule has 0 aliphatic carbocycles. The summed E-state index contributed by atoms with van der Waals surface area (Å²) >= 11 is 1.34. The Bertz CT molecular complexity index is 1680. The number of benzene rings is 3. The number of rotatable bonds is 14. The second-order valence-electron chi connectivity index (χ2n) is 11.6. The molecule has 3 heterocycles. The summed E-state index contributed by atoms with van der Waals surface area (Å²) < 4.78 is 10.8. The lowest BCUT2D eigenvalue weighted by Gasteiger charge is -2.36. The summed E-state index contributed by atoms with van der Waals surface area (Å²) in [5, 5.41) is 8.08. The highest BCUT2D eigenvalue weighted by molar-refractivity contribution is 7.13. The van der Waals surface area contributed by atoms with Crippen molar-refractivity contribution in [2.75, 3.05) is 70.0 Å². The highest BCUT2D eigenvalue weighted by Gasteiger charge is 2.38. The third-order valence-electron chi connectivity index (χ3n) is 8.56. The highest BCUT2D eigenvalue weighted by atomic mass is 32.1. The van der Waals surface area contributed by atoms with Gasteiger partial charge in [-0.05, 0) is 47.5 Å². The van der Waals surface area contributed by atoms with Crippen LogP contribution >= 0.6 is 11.3 Å². The second-order valence-corrected chi connectivity index (χ2v) is 12.5. The van der Waals surface area contributed by atoms with E-state index in [1.54, 1.807) is 16.5 Å². The lowest BCUT2D eigenvalue weighted by molar-refractivity contribution is -0.132. The van der Waals surface area contributed by atoms with E-state index in [9.17, 15) is 14.4 Å². The molecule has 12 heteroatoms. The van der Waals surface area contributed by atoms with E-state index in [-0.39, 0.29) is 17.7 Å². The number of carbonyl (C=O) groups excluding carboxylic acids is 3. The zero-order valence-electron chi connectivity index (χ0n) is 27.0. The first-order valence-electron chi connectivity index (χ1n) is 16.1. The van der Waals surface area contributed by atoms with Crippen LogP contribution in [0.2, 0.25) is 0 Å². The average molecular weight is 669 g/mol. The largest absolute Gasteiger partial charge is 0.379 e. The van der Waals surface area contributed by atoms with Gasteiger partial charge in [-0.3, -0.25) is 25.0 Å². The number of nitrogens with zero attached hydrogens (tertiary/aromatic N) is 4. The molecule has 2 aliphatic rings. The molecule has 3 amide bonds. The van der Waals surface area contributed by atoms with Gasteiger partial charge in [0.2, 0.25) is 5.91 Å². The first-order valence-corrected chi connectivity index (χ1v) is 17.0. The molecule has 1 saturated heterocycles. The third-order valence-corrected chi connectivity index (χ3v) is 9.24. The van der Waals surface area contributed by atoms with E-state index in [1.165, 1.54) is 11.3 Å². The summed E-state index contributed by atoms with van der Waals surface area (Å²) in [6.45, 7) is 5.04. The number of carbonyl (C=O) groups is 3. The first-order chi connectivity index (χ1) is 23.5. The maximum Gasteiger partial charge on any atom is 0.255 e. The molecule has 1 fully saturated rings. The Hall–Kier alpha value is -4.62. The Morgan fingerprint density at radius 1 is 0.917 bits per heavy atom. The van der Waals surface area contributed by atoms with Crippen molar-refractivity contribution in [2.45, 2.75) is 19.0 Å².